The summed E-state index contributed by atoms with van der Waals surface area (Å²) in [6, 6.07) is 10.0. The molecule has 0 aliphatic carbocycles. The fraction of sp³-hybridized carbons (Fsp3) is 0.238. The molecule has 0 bridgehead atoms. The Labute approximate surface area is 183 Å². The first kappa shape index (κ1) is 22.1. The number of hydrogen-bond donors (Lipinski definition) is 3. The minimum atomic E-state index is -0.967. The van der Waals surface area contributed by atoms with E-state index in [1.807, 2.05) is 0 Å². The zero-order valence-corrected chi connectivity index (χ0v) is 17.7. The standard InChI is InChI=1S/C21H21ClN4O5/c1-12(10-19(27)23-14-6-7-17-18(11-14)31-9-8-30-17)25-26-21(29)20(28)24-16-5-3-4-15(22)13(16)2/h3-7,11H,8-10H2,1-2H3,(H,23,27)(H,24,28)(H,26,29)/b25-12+. The van der Waals surface area contributed by atoms with Crippen LogP contribution in [0.25, 0.3) is 0 Å². The summed E-state index contributed by atoms with van der Waals surface area (Å²) in [6.45, 7) is 4.21. The summed E-state index contributed by atoms with van der Waals surface area (Å²) in [4.78, 5) is 36.2. The Bertz CT molecular complexity index is 1050. The Hall–Kier alpha value is -3.59. The van der Waals surface area contributed by atoms with Crippen LogP contribution in [0.1, 0.15) is 18.9 Å². The molecule has 0 aromatic heterocycles. The van der Waals surface area contributed by atoms with Crippen LogP contribution in [0.3, 0.4) is 0 Å². The van der Waals surface area contributed by atoms with E-state index in [4.69, 9.17) is 21.1 Å². The van der Waals surface area contributed by atoms with E-state index in [9.17, 15) is 14.4 Å². The molecule has 31 heavy (non-hydrogen) atoms. The van der Waals surface area contributed by atoms with Crippen LogP contribution in [0.5, 0.6) is 11.5 Å². The van der Waals surface area contributed by atoms with Gasteiger partial charge in [0.05, 0.1) is 6.42 Å². The van der Waals surface area contributed by atoms with Crippen LogP contribution < -0.4 is 25.5 Å². The Balaban J connectivity index is 1.50. The van der Waals surface area contributed by atoms with Gasteiger partial charge in [-0.2, -0.15) is 5.10 Å². The van der Waals surface area contributed by atoms with E-state index in [0.29, 0.717) is 52.4 Å². The van der Waals surface area contributed by atoms with Gasteiger partial charge >= 0.3 is 11.8 Å². The molecule has 1 heterocycles. The number of fused-ring (bicyclic) bond motifs is 1. The number of hydrazone groups is 1. The van der Waals surface area contributed by atoms with Gasteiger partial charge in [-0.15, -0.1) is 0 Å². The van der Waals surface area contributed by atoms with Crippen molar-refractivity contribution < 1.29 is 23.9 Å². The topological polar surface area (TPSA) is 118 Å². The molecule has 0 radical (unpaired) electrons. The summed E-state index contributed by atoms with van der Waals surface area (Å²) in [7, 11) is 0. The van der Waals surface area contributed by atoms with Gasteiger partial charge in [-0.3, -0.25) is 14.4 Å². The first-order valence-corrected chi connectivity index (χ1v) is 9.80. The Kier molecular flexibility index (Phi) is 7.09. The molecular weight excluding hydrogens is 424 g/mol. The lowest BCUT2D eigenvalue weighted by molar-refractivity contribution is -0.136. The molecule has 3 N–H and O–H groups in total. The lowest BCUT2D eigenvalue weighted by Gasteiger charge is -2.19. The number of nitrogens with zero attached hydrogens (tertiary/aromatic N) is 1. The van der Waals surface area contributed by atoms with Crippen LogP contribution in [0.15, 0.2) is 41.5 Å². The molecule has 2 aromatic carbocycles. The highest BCUT2D eigenvalue weighted by atomic mass is 35.5. The maximum atomic E-state index is 12.2. The molecular formula is C21H21ClN4O5. The minimum absolute atomic E-state index is 0.0796. The lowest BCUT2D eigenvalue weighted by Crippen LogP contribution is -2.33. The van der Waals surface area contributed by atoms with Crippen molar-refractivity contribution in [3.63, 3.8) is 0 Å². The summed E-state index contributed by atoms with van der Waals surface area (Å²) in [6.07, 6.45) is -0.0796. The van der Waals surface area contributed by atoms with Gasteiger partial charge < -0.3 is 20.1 Å². The molecule has 3 rings (SSSR count). The monoisotopic (exact) mass is 444 g/mol. The Morgan fingerprint density at radius 1 is 1.03 bits per heavy atom. The summed E-state index contributed by atoms with van der Waals surface area (Å²) in [5.41, 5.74) is 4.06. The maximum absolute atomic E-state index is 12.2. The van der Waals surface area contributed by atoms with E-state index in [1.54, 1.807) is 50.2 Å². The predicted molar refractivity (Wildman–Crippen MR) is 117 cm³/mol. The van der Waals surface area contributed by atoms with Crippen molar-refractivity contribution in [3.05, 3.63) is 47.0 Å². The third-order valence-electron chi connectivity index (χ3n) is 4.31. The number of nitrogens with one attached hydrogen (secondary N) is 3. The fourth-order valence-electron chi connectivity index (χ4n) is 2.72. The van der Waals surface area contributed by atoms with Gasteiger partial charge in [-0.05, 0) is 43.7 Å². The van der Waals surface area contributed by atoms with E-state index < -0.39 is 11.8 Å². The number of rotatable bonds is 5. The van der Waals surface area contributed by atoms with Gasteiger partial charge in [0, 0.05) is 28.2 Å². The molecule has 3 amide bonds. The van der Waals surface area contributed by atoms with Gasteiger partial charge in [-0.25, -0.2) is 5.43 Å². The van der Waals surface area contributed by atoms with Crippen molar-refractivity contribution in [1.82, 2.24) is 5.43 Å². The zero-order chi connectivity index (χ0) is 22.4. The van der Waals surface area contributed by atoms with Crippen LogP contribution in [-0.4, -0.2) is 36.6 Å². The maximum Gasteiger partial charge on any atom is 0.329 e. The quantitative estimate of drug-likeness (QED) is 0.372. The third kappa shape index (κ3) is 5.95. The predicted octanol–water partition coefficient (Wildman–Crippen LogP) is 2.88. The number of carbonyl (C=O) groups excluding carboxylic acids is 3. The van der Waals surface area contributed by atoms with E-state index >= 15 is 0 Å². The second-order valence-corrected chi connectivity index (χ2v) is 7.15. The Morgan fingerprint density at radius 3 is 2.55 bits per heavy atom. The molecule has 9 nitrogen and oxygen atoms in total. The second kappa shape index (κ2) is 9.94. The number of hydrogen-bond acceptors (Lipinski definition) is 6. The second-order valence-electron chi connectivity index (χ2n) is 6.74. The summed E-state index contributed by atoms with van der Waals surface area (Å²) < 4.78 is 10.9. The molecule has 0 saturated carbocycles. The number of benzene rings is 2. The highest BCUT2D eigenvalue weighted by Crippen LogP contribution is 2.32. The summed E-state index contributed by atoms with van der Waals surface area (Å²) in [5, 5.41) is 9.46. The van der Waals surface area contributed by atoms with Crippen molar-refractivity contribution in [2.24, 2.45) is 5.10 Å². The smallest absolute Gasteiger partial charge is 0.329 e. The number of anilines is 2. The highest BCUT2D eigenvalue weighted by Gasteiger charge is 2.16. The van der Waals surface area contributed by atoms with Crippen molar-refractivity contribution in [2.45, 2.75) is 20.3 Å². The first-order valence-electron chi connectivity index (χ1n) is 9.42. The normalized spacial score (nSPS) is 12.7. The number of carbonyl (C=O) groups is 3. The average Bonchev–Trinajstić information content (AvgIpc) is 2.75. The molecule has 0 atom stereocenters. The molecule has 1 aliphatic rings. The number of halogens is 1. The van der Waals surface area contributed by atoms with Crippen LogP contribution >= 0.6 is 11.6 Å². The van der Waals surface area contributed by atoms with Gasteiger partial charge in [0.2, 0.25) is 5.91 Å². The van der Waals surface area contributed by atoms with Crippen LogP contribution in [0.4, 0.5) is 11.4 Å². The van der Waals surface area contributed by atoms with Gasteiger partial charge in [0.15, 0.2) is 11.5 Å². The average molecular weight is 445 g/mol. The van der Waals surface area contributed by atoms with E-state index in [2.05, 4.69) is 21.2 Å². The van der Waals surface area contributed by atoms with E-state index in [0.717, 1.165) is 0 Å². The van der Waals surface area contributed by atoms with Gasteiger partial charge in [0.25, 0.3) is 0 Å². The van der Waals surface area contributed by atoms with Crippen LogP contribution in [0.2, 0.25) is 5.02 Å². The third-order valence-corrected chi connectivity index (χ3v) is 4.72. The molecule has 0 spiro atoms. The largest absolute Gasteiger partial charge is 0.486 e. The SMILES string of the molecule is C/C(CC(=O)Nc1ccc2c(c1)OCCO2)=N\NC(=O)C(=O)Nc1cccc(Cl)c1C. The first-order chi connectivity index (χ1) is 14.8. The molecule has 1 aliphatic heterocycles. The lowest BCUT2D eigenvalue weighted by atomic mass is 10.2. The van der Waals surface area contributed by atoms with Crippen molar-refractivity contribution in [2.75, 3.05) is 23.8 Å². The summed E-state index contributed by atoms with van der Waals surface area (Å²) >= 11 is 6.00. The minimum Gasteiger partial charge on any atom is -0.486 e. The number of ether oxygens (including phenoxy) is 2. The van der Waals surface area contributed by atoms with Crippen molar-refractivity contribution in [3.8, 4) is 11.5 Å². The molecule has 0 saturated heterocycles. The number of amides is 3. The van der Waals surface area contributed by atoms with Crippen LogP contribution in [0, 0.1) is 6.92 Å². The fourth-order valence-corrected chi connectivity index (χ4v) is 2.89. The van der Waals surface area contributed by atoms with E-state index in [-0.39, 0.29) is 12.3 Å². The highest BCUT2D eigenvalue weighted by molar-refractivity contribution is 6.40. The van der Waals surface area contributed by atoms with Crippen molar-refractivity contribution >= 4 is 46.4 Å². The molecule has 162 valence electrons. The molecule has 0 fully saturated rings. The van der Waals surface area contributed by atoms with Gasteiger partial charge in [0.1, 0.15) is 13.2 Å². The van der Waals surface area contributed by atoms with Crippen LogP contribution in [-0.2, 0) is 14.4 Å². The molecule has 2 aromatic rings. The van der Waals surface area contributed by atoms with Gasteiger partial charge in [-0.1, -0.05) is 17.7 Å². The van der Waals surface area contributed by atoms with E-state index in [1.165, 1.54) is 0 Å². The Morgan fingerprint density at radius 2 is 1.77 bits per heavy atom. The molecule has 10 heteroatoms. The summed E-state index contributed by atoms with van der Waals surface area (Å²) in [5.74, 6) is -1.03. The molecule has 0 unspecified atom stereocenters. The zero-order valence-electron chi connectivity index (χ0n) is 17.0. The van der Waals surface area contributed by atoms with Crippen molar-refractivity contribution in [1.29, 1.82) is 0 Å².